The molecule has 15 rings (SSSR count). The third kappa shape index (κ3) is 61.1. The zero-order valence-corrected chi connectivity index (χ0v) is 77.6. The van der Waals surface area contributed by atoms with Crippen molar-refractivity contribution >= 4 is 0 Å². The van der Waals surface area contributed by atoms with Crippen molar-refractivity contribution in [2.75, 3.05) is 106 Å². The Hall–Kier alpha value is -0.400. The van der Waals surface area contributed by atoms with Gasteiger partial charge in [0.2, 0.25) is 0 Å². The Morgan fingerprint density at radius 1 is 0.123 bits per heavy atom. The van der Waals surface area contributed by atoms with E-state index in [0.29, 0.717) is 48.7 Å². The van der Waals surface area contributed by atoms with Crippen LogP contribution in [-0.2, 0) is 47.4 Å². The van der Waals surface area contributed by atoms with Gasteiger partial charge in [0.1, 0.15) is 0 Å². The molecule has 15 aliphatic rings. The topological polar surface area (TPSA) is 92.3 Å². The molecule has 636 valence electrons. The van der Waals surface area contributed by atoms with Crippen LogP contribution in [0.5, 0.6) is 0 Å². The van der Waals surface area contributed by atoms with Gasteiger partial charge in [-0.05, 0) is 276 Å². The molecule has 0 spiro atoms. The fraction of sp³-hybridized carbons (Fsp3) is 1.00. The smallest absolute Gasteiger partial charge is 0.0648 e. The van der Waals surface area contributed by atoms with Crippen LogP contribution >= 0.6 is 0 Å². The standard InChI is InChI=1S/2C8H16.4C7H14O.C7H14.4C6H12O.C6H12.2C5H10O.C5H10/c2*1-8(2)6-4-3-5-7-8;1-7(2)3-5-8-6-4-7;2*1-7(2)4-3-5-8-6-7;1-7(2)5-3-4-6-8-7;1-7(2)5-3-4-6-7;2*1-6(2)3-4-7-5-6;2*1-6(2)4-3-5-7-6;1-6(2)4-3-5-6;1-5(2)3-6-4-5;1-5(2)3-4-6-5;1-5(2)3-4-5/h2*3-7H2,1-2H3;4*3-6H2,1-2H3;3-6H2,1-2H3;4*3-5H2,1-2H3;3-5H2,1-2H3;2*3-4H2,1-2H3;3-4H2,1-2H3. The lowest BCUT2D eigenvalue weighted by molar-refractivity contribution is -0.120. The zero-order chi connectivity index (χ0) is 80.6. The van der Waals surface area contributed by atoms with Crippen molar-refractivity contribution in [1.82, 2.24) is 0 Å². The Labute approximate surface area is 664 Å². The van der Waals surface area contributed by atoms with Crippen molar-refractivity contribution in [3.05, 3.63) is 0 Å². The molecule has 10 aliphatic heterocycles. The maximum Gasteiger partial charge on any atom is 0.0648 e. The minimum atomic E-state index is 0.179. The number of hydrogen-bond acceptors (Lipinski definition) is 10. The Balaban J connectivity index is 0.000000569. The van der Waals surface area contributed by atoms with Crippen LogP contribution < -0.4 is 0 Å². The lowest BCUT2D eigenvalue weighted by Crippen LogP contribution is -2.36. The highest BCUT2D eigenvalue weighted by Crippen LogP contribution is 2.44. The van der Waals surface area contributed by atoms with Gasteiger partial charge in [0, 0.05) is 64.9 Å². The van der Waals surface area contributed by atoms with Crippen LogP contribution in [0.2, 0.25) is 0 Å². The second-order valence-corrected chi connectivity index (χ2v) is 45.9. The second-order valence-electron chi connectivity index (χ2n) is 45.9. The summed E-state index contributed by atoms with van der Waals surface area (Å²) in [5.74, 6) is 0. The number of hydrogen-bond donors (Lipinski definition) is 0. The lowest BCUT2D eigenvalue weighted by Gasteiger charge is -2.34. The molecule has 0 aromatic rings. The molecule has 0 radical (unpaired) electrons. The average Bonchev–Trinajstić information content (AvgIpc) is 1.78. The van der Waals surface area contributed by atoms with Crippen LogP contribution in [0.3, 0.4) is 0 Å². The van der Waals surface area contributed by atoms with Gasteiger partial charge in [-0.3, -0.25) is 0 Å². The molecule has 10 nitrogen and oxygen atoms in total. The Kier molecular flexibility index (Phi) is 48.4. The number of ether oxygens (including phenoxy) is 10. The summed E-state index contributed by atoms with van der Waals surface area (Å²) in [6.45, 7) is 83.0. The summed E-state index contributed by atoms with van der Waals surface area (Å²) in [4.78, 5) is 0. The maximum atomic E-state index is 5.47. The first-order valence-corrected chi connectivity index (χ1v) is 44.6. The summed E-state index contributed by atoms with van der Waals surface area (Å²) in [7, 11) is 0. The van der Waals surface area contributed by atoms with Crippen molar-refractivity contribution in [1.29, 1.82) is 0 Å². The Morgan fingerprint density at radius 2 is 0.321 bits per heavy atom. The average molecular weight is 1510 g/mol. The van der Waals surface area contributed by atoms with E-state index in [1.807, 2.05) is 0 Å². The molecule has 15 fully saturated rings. The van der Waals surface area contributed by atoms with Crippen LogP contribution in [0.4, 0.5) is 0 Å². The van der Waals surface area contributed by atoms with E-state index < -0.39 is 0 Å². The molecule has 0 atom stereocenters. The highest BCUT2D eigenvalue weighted by molar-refractivity contribution is 4.84. The first-order valence-electron chi connectivity index (χ1n) is 44.6. The molecule has 0 aromatic heterocycles. The van der Waals surface area contributed by atoms with Gasteiger partial charge in [0.05, 0.1) is 68.7 Å². The van der Waals surface area contributed by atoms with Gasteiger partial charge < -0.3 is 47.4 Å². The third-order valence-corrected chi connectivity index (χ3v) is 24.0. The summed E-state index contributed by atoms with van der Waals surface area (Å²) in [5, 5.41) is 0. The third-order valence-electron chi connectivity index (χ3n) is 24.0. The minimum Gasteiger partial charge on any atom is -0.381 e. The minimum absolute atomic E-state index is 0.179. The molecule has 10 heteroatoms. The molecule has 5 aliphatic carbocycles. The van der Waals surface area contributed by atoms with Gasteiger partial charge in [-0.25, -0.2) is 0 Å². The molecule has 5 saturated carbocycles. The number of rotatable bonds is 0. The van der Waals surface area contributed by atoms with E-state index in [1.54, 1.807) is 0 Å². The molecule has 0 N–H and O–H groups in total. The monoisotopic (exact) mass is 1510 g/mol. The molecule has 0 bridgehead atoms. The van der Waals surface area contributed by atoms with E-state index in [-0.39, 0.29) is 22.4 Å². The molecule has 10 saturated heterocycles. The van der Waals surface area contributed by atoms with Gasteiger partial charge in [0.15, 0.2) is 0 Å². The highest BCUT2D eigenvalue weighted by Gasteiger charge is 2.32. The van der Waals surface area contributed by atoms with Gasteiger partial charge >= 0.3 is 0 Å². The highest BCUT2D eigenvalue weighted by atomic mass is 16.5. The zero-order valence-electron chi connectivity index (χ0n) is 77.6. The van der Waals surface area contributed by atoms with Crippen molar-refractivity contribution in [3.8, 4) is 0 Å². The molecular formula is C96H192O10. The fourth-order valence-electron chi connectivity index (χ4n) is 14.0. The summed E-state index contributed by atoms with van der Waals surface area (Å²) >= 11 is 0. The summed E-state index contributed by atoms with van der Waals surface area (Å²) in [6.07, 6.45) is 47.8. The quantitative estimate of drug-likeness (QED) is 0.233. The van der Waals surface area contributed by atoms with Gasteiger partial charge in [-0.2, -0.15) is 0 Å². The summed E-state index contributed by atoms with van der Waals surface area (Å²) < 4.78 is 52.3. The first kappa shape index (κ1) is 104. The van der Waals surface area contributed by atoms with Crippen LogP contribution in [0, 0.1) is 59.6 Å². The van der Waals surface area contributed by atoms with Crippen molar-refractivity contribution in [2.24, 2.45) is 59.6 Å². The predicted octanol–water partition coefficient (Wildman–Crippen LogP) is 28.2. The first-order chi connectivity index (χ1) is 48.6. The largest absolute Gasteiger partial charge is 0.381 e. The van der Waals surface area contributed by atoms with E-state index in [9.17, 15) is 0 Å². The van der Waals surface area contributed by atoms with Gasteiger partial charge in [-0.15, -0.1) is 0 Å². The van der Waals surface area contributed by atoms with Crippen molar-refractivity contribution in [2.45, 2.75) is 455 Å². The van der Waals surface area contributed by atoms with E-state index >= 15 is 0 Å². The Bertz CT molecular complexity index is 1730. The van der Waals surface area contributed by atoms with Crippen molar-refractivity contribution < 1.29 is 47.4 Å². The van der Waals surface area contributed by atoms with Crippen LogP contribution in [0.1, 0.15) is 432 Å². The van der Waals surface area contributed by atoms with Gasteiger partial charge in [-0.1, -0.05) is 210 Å². The Morgan fingerprint density at radius 3 is 0.415 bits per heavy atom. The van der Waals surface area contributed by atoms with Crippen LogP contribution in [-0.4, -0.2) is 128 Å². The van der Waals surface area contributed by atoms with E-state index in [4.69, 9.17) is 47.4 Å². The molecule has 0 unspecified atom stereocenters. The normalized spacial score (nSPS) is 28.2. The SMILES string of the molecule is CC1(C)CC1.CC1(C)CCC1.CC1(C)CCCC1.CC1(C)CCCCC1.CC1(C)CCCCC1.CC1(C)CCCCO1.CC1(C)CCCO1.CC1(C)CCCO1.CC1(C)CCCOC1.CC1(C)CCCOC1.CC1(C)CCO1.CC1(C)CCOC1.CC1(C)CCOC1.CC1(C)CCOCC1.CC1(C)COC1. The molecule has 0 aromatic carbocycles. The molecule has 0 amide bonds. The lowest BCUT2D eigenvalue weighted by atomic mass is 9.72. The van der Waals surface area contributed by atoms with Crippen LogP contribution in [0.15, 0.2) is 0 Å². The molecular weight excluding hydrogens is 1310 g/mol. The van der Waals surface area contributed by atoms with Crippen molar-refractivity contribution in [3.63, 3.8) is 0 Å². The fourth-order valence-corrected chi connectivity index (χ4v) is 14.0. The summed E-state index contributed by atoms with van der Waals surface area (Å²) in [5.41, 5.74) is 7.23. The molecule has 106 heavy (non-hydrogen) atoms. The maximum absolute atomic E-state index is 5.47. The predicted molar refractivity (Wildman–Crippen MR) is 458 cm³/mol. The van der Waals surface area contributed by atoms with E-state index in [2.05, 4.69) is 208 Å². The van der Waals surface area contributed by atoms with E-state index in [0.717, 1.165) is 117 Å². The second kappa shape index (κ2) is 49.5. The van der Waals surface area contributed by atoms with Crippen LogP contribution in [0.25, 0.3) is 0 Å². The van der Waals surface area contributed by atoms with Gasteiger partial charge in [0.25, 0.3) is 0 Å². The summed E-state index contributed by atoms with van der Waals surface area (Å²) in [6, 6.07) is 0. The molecule has 10 heterocycles. The van der Waals surface area contributed by atoms with E-state index in [1.165, 1.54) is 225 Å².